The number of hydrogen-bond donors (Lipinski definition) is 1. The van der Waals surface area contributed by atoms with Crippen LogP contribution in [-0.4, -0.2) is 73.1 Å². The highest BCUT2D eigenvalue weighted by Gasteiger charge is 2.63. The Morgan fingerprint density at radius 2 is 1.95 bits per heavy atom. The second-order valence-corrected chi connectivity index (χ2v) is 11.1. The molecule has 0 aromatic heterocycles. The number of rotatable bonds is 7. The first-order valence-electron chi connectivity index (χ1n) is 13.5. The van der Waals surface area contributed by atoms with Crippen LogP contribution in [0.1, 0.15) is 51.5 Å². The van der Waals surface area contributed by atoms with Crippen LogP contribution in [0.2, 0.25) is 0 Å². The minimum absolute atomic E-state index is 0.0191. The van der Waals surface area contributed by atoms with E-state index in [2.05, 4.69) is 17.9 Å². The molecule has 1 N–H and O–H groups in total. The molecule has 2 saturated carbocycles. The molecule has 2 heterocycles. The SMILES string of the molecule is COc1ccc(CC(O)C(=O)O[C@@H]2C[C@H]3C4=CCCN5CCC[C@H]2[C@@]45C[C@H](C)[C@H]3OC(C)=O)cc1OC. The summed E-state index contributed by atoms with van der Waals surface area (Å²) >= 11 is 0. The number of aliphatic hydroxyl groups is 1. The minimum atomic E-state index is -1.29. The van der Waals surface area contributed by atoms with Crippen molar-refractivity contribution >= 4 is 11.9 Å². The summed E-state index contributed by atoms with van der Waals surface area (Å²) < 4.78 is 22.6. The Morgan fingerprint density at radius 3 is 2.68 bits per heavy atom. The zero-order valence-electron chi connectivity index (χ0n) is 22.3. The molecule has 7 atom stereocenters. The second-order valence-electron chi connectivity index (χ2n) is 11.1. The van der Waals surface area contributed by atoms with Crippen molar-refractivity contribution in [2.45, 2.75) is 76.2 Å². The lowest BCUT2D eigenvalue weighted by Crippen LogP contribution is -2.71. The fourth-order valence-corrected chi connectivity index (χ4v) is 7.72. The largest absolute Gasteiger partial charge is 0.493 e. The van der Waals surface area contributed by atoms with Crippen LogP contribution in [0.4, 0.5) is 0 Å². The second kappa shape index (κ2) is 10.3. The van der Waals surface area contributed by atoms with Gasteiger partial charge in [0.1, 0.15) is 12.2 Å². The normalized spacial score (nSPS) is 33.4. The molecule has 2 bridgehead atoms. The third kappa shape index (κ3) is 4.52. The van der Waals surface area contributed by atoms with E-state index in [1.165, 1.54) is 12.5 Å². The van der Waals surface area contributed by atoms with Crippen molar-refractivity contribution < 1.29 is 33.6 Å². The van der Waals surface area contributed by atoms with Crippen molar-refractivity contribution in [2.75, 3.05) is 27.3 Å². The Balaban J connectivity index is 1.38. The third-order valence-electron chi connectivity index (χ3n) is 9.03. The van der Waals surface area contributed by atoms with Gasteiger partial charge >= 0.3 is 11.9 Å². The summed E-state index contributed by atoms with van der Waals surface area (Å²) in [6.07, 6.45) is 5.18. The van der Waals surface area contributed by atoms with Gasteiger partial charge in [-0.3, -0.25) is 9.69 Å². The molecular weight excluding hydrogens is 474 g/mol. The maximum absolute atomic E-state index is 13.2. The minimum Gasteiger partial charge on any atom is -0.493 e. The number of ether oxygens (including phenoxy) is 4. The summed E-state index contributed by atoms with van der Waals surface area (Å²) in [4.78, 5) is 27.8. The average molecular weight is 514 g/mol. The summed E-state index contributed by atoms with van der Waals surface area (Å²) in [7, 11) is 3.12. The predicted molar refractivity (Wildman–Crippen MR) is 136 cm³/mol. The molecule has 8 nitrogen and oxygen atoms in total. The van der Waals surface area contributed by atoms with Crippen molar-refractivity contribution in [1.82, 2.24) is 4.90 Å². The van der Waals surface area contributed by atoms with Gasteiger partial charge in [0.2, 0.25) is 0 Å². The number of aliphatic hydroxyl groups excluding tert-OH is 1. The molecule has 1 spiro atoms. The molecule has 1 aromatic carbocycles. The zero-order chi connectivity index (χ0) is 26.3. The van der Waals surface area contributed by atoms with Gasteiger partial charge in [-0.2, -0.15) is 0 Å². The van der Waals surface area contributed by atoms with Crippen molar-refractivity contribution in [1.29, 1.82) is 0 Å². The maximum Gasteiger partial charge on any atom is 0.335 e. The van der Waals surface area contributed by atoms with E-state index < -0.39 is 12.1 Å². The molecule has 2 aliphatic heterocycles. The summed E-state index contributed by atoms with van der Waals surface area (Å²) in [6, 6.07) is 5.34. The van der Waals surface area contributed by atoms with Crippen LogP contribution >= 0.6 is 0 Å². The topological polar surface area (TPSA) is 94.5 Å². The highest BCUT2D eigenvalue weighted by atomic mass is 16.6. The number of piperidine rings is 1. The Hall–Kier alpha value is -2.58. The lowest BCUT2D eigenvalue weighted by Gasteiger charge is -2.65. The first-order chi connectivity index (χ1) is 17.8. The molecule has 37 heavy (non-hydrogen) atoms. The van der Waals surface area contributed by atoms with Gasteiger partial charge in [-0.05, 0) is 67.8 Å². The van der Waals surface area contributed by atoms with E-state index in [0.717, 1.165) is 44.3 Å². The first-order valence-corrected chi connectivity index (χ1v) is 13.5. The molecule has 1 aromatic rings. The summed E-state index contributed by atoms with van der Waals surface area (Å²) in [5, 5.41) is 10.8. The molecule has 0 amide bonds. The van der Waals surface area contributed by atoms with E-state index in [1.807, 2.05) is 6.07 Å². The standard InChI is InChI=1S/C29H39NO7/c1-17-16-29-21-7-5-11-30(29)12-6-8-22(29)25(15-20(21)27(17)36-18(2)31)37-28(33)23(32)13-19-9-10-24(34-3)26(14-19)35-4/h7,9-10,14,17,20,22-23,25,27,32H,5-6,8,11-13,15-16H2,1-4H3/t17-,20-,22+,23?,25+,27+,29+/m0/s1. The van der Waals surface area contributed by atoms with E-state index >= 15 is 0 Å². The van der Waals surface area contributed by atoms with Gasteiger partial charge in [0.05, 0.1) is 14.2 Å². The molecule has 0 radical (unpaired) electrons. The lowest BCUT2D eigenvalue weighted by atomic mass is 9.51. The fourth-order valence-electron chi connectivity index (χ4n) is 7.72. The molecule has 8 heteroatoms. The molecule has 1 saturated heterocycles. The predicted octanol–water partition coefficient (Wildman–Crippen LogP) is 3.29. The van der Waals surface area contributed by atoms with Gasteiger partial charge in [0.15, 0.2) is 17.6 Å². The molecule has 4 aliphatic rings. The number of nitrogens with zero attached hydrogens (tertiary/aromatic N) is 1. The molecule has 202 valence electrons. The van der Waals surface area contributed by atoms with Crippen molar-refractivity contribution in [2.24, 2.45) is 17.8 Å². The zero-order valence-corrected chi connectivity index (χ0v) is 22.3. The molecule has 1 unspecified atom stereocenters. The highest BCUT2D eigenvalue weighted by molar-refractivity contribution is 5.75. The number of benzene rings is 1. The van der Waals surface area contributed by atoms with Crippen LogP contribution in [0.3, 0.4) is 0 Å². The molecule has 5 rings (SSSR count). The summed E-state index contributed by atoms with van der Waals surface area (Å²) in [5.41, 5.74) is 1.98. The fraction of sp³-hybridized carbons (Fsp3) is 0.655. The van der Waals surface area contributed by atoms with E-state index in [0.29, 0.717) is 17.9 Å². The summed E-state index contributed by atoms with van der Waals surface area (Å²) in [6.45, 7) is 5.69. The van der Waals surface area contributed by atoms with Crippen molar-refractivity contribution in [3.63, 3.8) is 0 Å². The third-order valence-corrected chi connectivity index (χ3v) is 9.03. The molecule has 2 aliphatic carbocycles. The van der Waals surface area contributed by atoms with E-state index in [4.69, 9.17) is 18.9 Å². The van der Waals surface area contributed by atoms with Crippen molar-refractivity contribution in [3.05, 3.63) is 35.4 Å². The van der Waals surface area contributed by atoms with E-state index in [-0.39, 0.29) is 47.9 Å². The monoisotopic (exact) mass is 513 g/mol. The smallest absolute Gasteiger partial charge is 0.335 e. The number of hydrogen-bond acceptors (Lipinski definition) is 8. The summed E-state index contributed by atoms with van der Waals surface area (Å²) in [5.74, 6) is 0.667. The van der Waals surface area contributed by atoms with Gasteiger partial charge in [0, 0.05) is 37.3 Å². The van der Waals surface area contributed by atoms with Gasteiger partial charge in [0.25, 0.3) is 0 Å². The quantitative estimate of drug-likeness (QED) is 0.439. The van der Waals surface area contributed by atoms with Crippen LogP contribution < -0.4 is 9.47 Å². The van der Waals surface area contributed by atoms with Gasteiger partial charge in [-0.25, -0.2) is 4.79 Å². The van der Waals surface area contributed by atoms with Crippen LogP contribution in [0, 0.1) is 17.8 Å². The maximum atomic E-state index is 13.2. The van der Waals surface area contributed by atoms with Crippen molar-refractivity contribution in [3.8, 4) is 11.5 Å². The number of carbonyl (C=O) groups is 2. The molecular formula is C29H39NO7. The van der Waals surface area contributed by atoms with E-state index in [1.54, 1.807) is 26.4 Å². The number of carbonyl (C=O) groups excluding carboxylic acids is 2. The van der Waals surface area contributed by atoms with Crippen LogP contribution in [0.5, 0.6) is 11.5 Å². The highest BCUT2D eigenvalue weighted by Crippen LogP contribution is 2.59. The first kappa shape index (κ1) is 26.0. The van der Waals surface area contributed by atoms with Crippen LogP contribution in [0.15, 0.2) is 29.8 Å². The van der Waals surface area contributed by atoms with Crippen LogP contribution in [-0.2, 0) is 25.5 Å². The van der Waals surface area contributed by atoms with E-state index in [9.17, 15) is 14.7 Å². The van der Waals surface area contributed by atoms with Gasteiger partial charge < -0.3 is 24.1 Å². The lowest BCUT2D eigenvalue weighted by molar-refractivity contribution is -0.189. The Bertz CT molecular complexity index is 1070. The Labute approximate surface area is 218 Å². The van der Waals surface area contributed by atoms with Gasteiger partial charge in [-0.15, -0.1) is 0 Å². The Morgan fingerprint density at radius 1 is 1.16 bits per heavy atom. The Kier molecular flexibility index (Phi) is 7.24. The molecule has 3 fully saturated rings. The average Bonchev–Trinajstić information content (AvgIpc) is 2.87. The number of methoxy groups -OCH3 is 2. The van der Waals surface area contributed by atoms with Crippen LogP contribution in [0.25, 0.3) is 0 Å². The number of esters is 2. The van der Waals surface area contributed by atoms with Gasteiger partial charge in [-0.1, -0.05) is 19.1 Å².